The molecule has 0 bridgehead atoms. The van der Waals surface area contributed by atoms with Crippen LogP contribution in [0.5, 0.6) is 5.75 Å². The van der Waals surface area contributed by atoms with Crippen molar-refractivity contribution in [2.45, 2.75) is 25.9 Å². The van der Waals surface area contributed by atoms with Crippen molar-refractivity contribution in [2.75, 3.05) is 13.2 Å². The molecule has 0 saturated carbocycles. The highest BCUT2D eigenvalue weighted by Crippen LogP contribution is 2.36. The van der Waals surface area contributed by atoms with Crippen molar-refractivity contribution in [2.24, 2.45) is 0 Å². The molecule has 0 saturated heterocycles. The van der Waals surface area contributed by atoms with Crippen LogP contribution in [0.25, 0.3) is 0 Å². The molecule has 0 N–H and O–H groups in total. The van der Waals surface area contributed by atoms with E-state index in [1.54, 1.807) is 0 Å². The Kier molecular flexibility index (Phi) is 6.20. The summed E-state index contributed by atoms with van der Waals surface area (Å²) in [6.07, 6.45) is -2.87. The minimum atomic E-state index is -4.68. The zero-order valence-corrected chi connectivity index (χ0v) is 11.4. The normalized spacial score (nSPS) is 11.0. The Hall–Kier alpha value is -2.05. The third kappa shape index (κ3) is 5.45. The molecule has 0 fully saturated rings. The maximum absolute atomic E-state index is 12.8. The van der Waals surface area contributed by atoms with E-state index in [4.69, 9.17) is 9.47 Å². The molecule has 0 spiro atoms. The molecule has 0 aliphatic heterocycles. The van der Waals surface area contributed by atoms with E-state index in [0.717, 1.165) is 12.5 Å². The van der Waals surface area contributed by atoms with Crippen molar-refractivity contribution in [3.63, 3.8) is 0 Å². The molecule has 116 valence electrons. The summed E-state index contributed by atoms with van der Waals surface area (Å²) in [6, 6.07) is 2.86. The van der Waals surface area contributed by atoms with E-state index in [-0.39, 0.29) is 12.2 Å². The minimum absolute atomic E-state index is 0.125. The number of benzene rings is 1. The van der Waals surface area contributed by atoms with E-state index >= 15 is 0 Å². The van der Waals surface area contributed by atoms with E-state index in [1.165, 1.54) is 6.07 Å². The fourth-order valence-electron chi connectivity index (χ4n) is 1.48. The van der Waals surface area contributed by atoms with Crippen molar-refractivity contribution in [1.82, 2.24) is 0 Å². The smallest absolute Gasteiger partial charge is 0.419 e. The first-order valence-corrected chi connectivity index (χ1v) is 6.33. The van der Waals surface area contributed by atoms with Crippen LogP contribution in [0.2, 0.25) is 0 Å². The van der Waals surface area contributed by atoms with Gasteiger partial charge in [-0.05, 0) is 24.6 Å². The molecular formula is C14H15F3O4. The summed E-state index contributed by atoms with van der Waals surface area (Å²) < 4.78 is 48.1. The first-order chi connectivity index (χ1) is 9.88. The van der Waals surface area contributed by atoms with E-state index in [9.17, 15) is 22.8 Å². The van der Waals surface area contributed by atoms with Crippen LogP contribution in [0.4, 0.5) is 13.2 Å². The molecule has 7 heteroatoms. The summed E-state index contributed by atoms with van der Waals surface area (Å²) in [5, 5.41) is 0. The molecule has 0 radical (unpaired) electrons. The van der Waals surface area contributed by atoms with Crippen LogP contribution >= 0.6 is 0 Å². The molecule has 0 aromatic heterocycles. The summed E-state index contributed by atoms with van der Waals surface area (Å²) in [6.45, 7) is 1.50. The summed E-state index contributed by atoms with van der Waals surface area (Å²) in [4.78, 5) is 21.8. The number of unbranched alkanes of at least 4 members (excludes halogenated alkanes) is 1. The summed E-state index contributed by atoms with van der Waals surface area (Å²) in [5.41, 5.74) is -1.23. The Morgan fingerprint density at radius 1 is 1.33 bits per heavy atom. The summed E-state index contributed by atoms with van der Waals surface area (Å²) in [5.74, 6) is -1.25. The van der Waals surface area contributed by atoms with E-state index in [0.29, 0.717) is 18.8 Å². The predicted octanol–water partition coefficient (Wildman–Crippen LogP) is 3.24. The SMILES string of the molecule is CCCCOC(=O)COc1ccc(C=O)cc1C(F)(F)F. The van der Waals surface area contributed by atoms with Gasteiger partial charge in [0.05, 0.1) is 12.2 Å². The van der Waals surface area contributed by atoms with Gasteiger partial charge in [-0.25, -0.2) is 4.79 Å². The van der Waals surface area contributed by atoms with Crippen LogP contribution < -0.4 is 4.74 Å². The van der Waals surface area contributed by atoms with Crippen molar-refractivity contribution in [3.8, 4) is 5.75 Å². The van der Waals surface area contributed by atoms with Gasteiger partial charge in [0.1, 0.15) is 12.0 Å². The Morgan fingerprint density at radius 2 is 2.05 bits per heavy atom. The van der Waals surface area contributed by atoms with Gasteiger partial charge in [0, 0.05) is 5.56 Å². The number of carbonyl (C=O) groups excluding carboxylic acids is 2. The number of aldehydes is 1. The monoisotopic (exact) mass is 304 g/mol. The van der Waals surface area contributed by atoms with Crippen molar-refractivity contribution < 1.29 is 32.2 Å². The topological polar surface area (TPSA) is 52.6 Å². The summed E-state index contributed by atoms with van der Waals surface area (Å²) in [7, 11) is 0. The van der Waals surface area contributed by atoms with Crippen molar-refractivity contribution in [1.29, 1.82) is 0 Å². The van der Waals surface area contributed by atoms with Crippen LogP contribution in [0, 0.1) is 0 Å². The van der Waals surface area contributed by atoms with Gasteiger partial charge in [-0.2, -0.15) is 13.2 Å². The van der Waals surface area contributed by atoms with Gasteiger partial charge >= 0.3 is 12.1 Å². The first-order valence-electron chi connectivity index (χ1n) is 6.33. The maximum atomic E-state index is 12.8. The Morgan fingerprint density at radius 3 is 2.62 bits per heavy atom. The molecule has 1 rings (SSSR count). The first kappa shape index (κ1) is 17.0. The number of alkyl halides is 3. The van der Waals surface area contributed by atoms with Gasteiger partial charge in [-0.3, -0.25) is 4.79 Å². The van der Waals surface area contributed by atoms with E-state index in [2.05, 4.69) is 0 Å². The number of ether oxygens (including phenoxy) is 2. The van der Waals surface area contributed by atoms with Gasteiger partial charge in [0.2, 0.25) is 0 Å². The second-order valence-electron chi connectivity index (χ2n) is 4.23. The van der Waals surface area contributed by atoms with Gasteiger partial charge in [-0.15, -0.1) is 0 Å². The number of hydrogen-bond acceptors (Lipinski definition) is 4. The lowest BCUT2D eigenvalue weighted by molar-refractivity contribution is -0.148. The lowest BCUT2D eigenvalue weighted by Gasteiger charge is -2.14. The van der Waals surface area contributed by atoms with Crippen molar-refractivity contribution >= 4 is 12.3 Å². The van der Waals surface area contributed by atoms with Gasteiger partial charge < -0.3 is 9.47 Å². The molecule has 4 nitrogen and oxygen atoms in total. The van der Waals surface area contributed by atoms with Crippen molar-refractivity contribution in [3.05, 3.63) is 29.3 Å². The van der Waals surface area contributed by atoms with Gasteiger partial charge in [-0.1, -0.05) is 13.3 Å². The average molecular weight is 304 g/mol. The molecule has 0 amide bonds. The lowest BCUT2D eigenvalue weighted by Crippen LogP contribution is -2.17. The van der Waals surface area contributed by atoms with E-state index < -0.39 is 30.1 Å². The zero-order chi connectivity index (χ0) is 15.9. The minimum Gasteiger partial charge on any atom is -0.481 e. The third-order valence-corrected chi connectivity index (χ3v) is 2.55. The average Bonchev–Trinajstić information content (AvgIpc) is 2.44. The van der Waals surface area contributed by atoms with Gasteiger partial charge in [0.25, 0.3) is 0 Å². The highest BCUT2D eigenvalue weighted by molar-refractivity contribution is 5.76. The summed E-state index contributed by atoms with van der Waals surface area (Å²) >= 11 is 0. The third-order valence-electron chi connectivity index (χ3n) is 2.55. The van der Waals surface area contributed by atoms with Crippen LogP contribution in [-0.4, -0.2) is 25.5 Å². The highest BCUT2D eigenvalue weighted by atomic mass is 19.4. The molecule has 0 heterocycles. The highest BCUT2D eigenvalue weighted by Gasteiger charge is 2.34. The Labute approximate surface area is 119 Å². The lowest BCUT2D eigenvalue weighted by atomic mass is 10.1. The van der Waals surface area contributed by atoms with Crippen LogP contribution in [0.1, 0.15) is 35.7 Å². The molecule has 0 aliphatic rings. The number of halogens is 3. The quantitative estimate of drug-likeness (QED) is 0.441. The molecule has 0 aliphatic carbocycles. The molecule has 1 aromatic rings. The van der Waals surface area contributed by atoms with Crippen LogP contribution in [0.15, 0.2) is 18.2 Å². The predicted molar refractivity (Wildman–Crippen MR) is 68.2 cm³/mol. The standard InChI is InChI=1S/C14H15F3O4/c1-2-3-6-20-13(19)9-21-12-5-4-10(8-18)7-11(12)14(15,16)17/h4-5,7-8H,2-3,6,9H2,1H3. The van der Waals surface area contributed by atoms with Crippen LogP contribution in [0.3, 0.4) is 0 Å². The fraction of sp³-hybridized carbons (Fsp3) is 0.429. The molecule has 0 unspecified atom stereocenters. The molecular weight excluding hydrogens is 289 g/mol. The maximum Gasteiger partial charge on any atom is 0.419 e. The molecule has 21 heavy (non-hydrogen) atoms. The van der Waals surface area contributed by atoms with E-state index in [1.807, 2.05) is 6.92 Å². The Bertz CT molecular complexity index is 497. The molecule has 1 aromatic carbocycles. The largest absolute Gasteiger partial charge is 0.481 e. The number of rotatable bonds is 7. The Balaban J connectivity index is 2.74. The molecule has 0 atom stereocenters. The second-order valence-corrected chi connectivity index (χ2v) is 4.23. The fourth-order valence-corrected chi connectivity index (χ4v) is 1.48. The van der Waals surface area contributed by atoms with Crippen LogP contribution in [-0.2, 0) is 15.7 Å². The number of hydrogen-bond donors (Lipinski definition) is 0. The second kappa shape index (κ2) is 7.66. The van der Waals surface area contributed by atoms with Gasteiger partial charge in [0.15, 0.2) is 6.61 Å². The number of carbonyl (C=O) groups is 2. The number of esters is 1. The zero-order valence-electron chi connectivity index (χ0n) is 11.4.